The molecule has 0 bridgehead atoms. The van der Waals surface area contributed by atoms with Gasteiger partial charge in [0.05, 0.1) is 22.5 Å². The molecule has 1 aromatic carbocycles. The second-order valence-corrected chi connectivity index (χ2v) is 8.20. The van der Waals surface area contributed by atoms with E-state index in [-0.39, 0.29) is 16.8 Å². The van der Waals surface area contributed by atoms with E-state index < -0.39 is 35.7 Å². The molecule has 10 heteroatoms. The van der Waals surface area contributed by atoms with E-state index in [1.165, 1.54) is 25.1 Å². The zero-order valence-electron chi connectivity index (χ0n) is 18.7. The van der Waals surface area contributed by atoms with Crippen LogP contribution in [0.2, 0.25) is 0 Å². The minimum absolute atomic E-state index is 0.122. The molecule has 172 valence electrons. The molecule has 4 N–H and O–H groups in total. The van der Waals surface area contributed by atoms with Crippen LogP contribution in [0, 0.1) is 4.91 Å². The summed E-state index contributed by atoms with van der Waals surface area (Å²) in [5.41, 5.74) is 1.62. The lowest BCUT2D eigenvalue weighted by atomic mass is 9.93. The maximum absolute atomic E-state index is 13.0. The number of benzene rings is 1. The van der Waals surface area contributed by atoms with Crippen LogP contribution in [0.25, 0.3) is 0 Å². The predicted octanol–water partition coefficient (Wildman–Crippen LogP) is 4.13. The molecule has 0 spiro atoms. The number of carboxylic acids is 1. The van der Waals surface area contributed by atoms with E-state index in [1.807, 2.05) is 6.92 Å². The van der Waals surface area contributed by atoms with Gasteiger partial charge in [0.25, 0.3) is 0 Å². The van der Waals surface area contributed by atoms with Crippen LogP contribution in [0.4, 0.5) is 10.5 Å². The van der Waals surface area contributed by atoms with Gasteiger partial charge in [-0.15, -0.1) is 4.91 Å². The molecule has 0 aliphatic carbocycles. The normalized spacial score (nSPS) is 12.9. The van der Waals surface area contributed by atoms with Crippen LogP contribution in [0.1, 0.15) is 82.1 Å². The Hall–Kier alpha value is -3.17. The Morgan fingerprint density at radius 3 is 2.39 bits per heavy atom. The smallest absolute Gasteiger partial charge is 0.409 e. The molecule has 0 aromatic heterocycles. The lowest BCUT2D eigenvalue weighted by Gasteiger charge is -2.26. The van der Waals surface area contributed by atoms with Gasteiger partial charge >= 0.3 is 12.1 Å². The Morgan fingerprint density at radius 1 is 1.16 bits per heavy atom. The molecule has 2 amide bonds. The Bertz CT molecular complexity index is 791. The number of carboxylic acid groups (broad SMARTS) is 1. The van der Waals surface area contributed by atoms with Gasteiger partial charge in [-0.3, -0.25) is 4.79 Å². The van der Waals surface area contributed by atoms with Crippen molar-refractivity contribution in [3.05, 3.63) is 34.2 Å². The van der Waals surface area contributed by atoms with E-state index >= 15 is 0 Å². The molecular formula is C21H32N4O6. The molecule has 10 nitrogen and oxygen atoms in total. The van der Waals surface area contributed by atoms with Crippen molar-refractivity contribution in [1.82, 2.24) is 10.6 Å². The number of carbonyl (C=O) groups excluding carboxylic acids is 2. The molecule has 2 unspecified atom stereocenters. The molecule has 0 aliphatic heterocycles. The Kier molecular flexibility index (Phi) is 9.91. The van der Waals surface area contributed by atoms with Crippen LogP contribution >= 0.6 is 0 Å². The van der Waals surface area contributed by atoms with Gasteiger partial charge in [0, 0.05) is 5.56 Å². The topological polar surface area (TPSA) is 146 Å². The Labute approximate surface area is 182 Å². The van der Waals surface area contributed by atoms with E-state index in [4.69, 9.17) is 4.74 Å². The van der Waals surface area contributed by atoms with Gasteiger partial charge in [0.2, 0.25) is 5.91 Å². The lowest BCUT2D eigenvalue weighted by Crippen LogP contribution is -2.50. The summed E-state index contributed by atoms with van der Waals surface area (Å²) in [6.45, 7) is 8.76. The minimum atomic E-state index is -1.24. The molecule has 31 heavy (non-hydrogen) atoms. The summed E-state index contributed by atoms with van der Waals surface area (Å²) >= 11 is 0. The van der Waals surface area contributed by atoms with Gasteiger partial charge < -0.3 is 20.5 Å². The number of nitroso groups, excluding NO2 is 1. The first-order valence-electron chi connectivity index (χ1n) is 10.2. The van der Waals surface area contributed by atoms with Crippen molar-refractivity contribution >= 4 is 23.7 Å². The van der Waals surface area contributed by atoms with Crippen LogP contribution in [0.5, 0.6) is 0 Å². The average molecular weight is 437 g/mol. The fourth-order valence-corrected chi connectivity index (χ4v) is 3.02. The number of hydrogen-bond donors (Lipinski definition) is 4. The van der Waals surface area contributed by atoms with Gasteiger partial charge in [0.1, 0.15) is 11.8 Å². The van der Waals surface area contributed by atoms with Crippen molar-refractivity contribution in [3.8, 4) is 0 Å². The van der Waals surface area contributed by atoms with E-state index in [1.54, 1.807) is 20.8 Å². The lowest BCUT2D eigenvalue weighted by molar-refractivity contribution is -0.123. The van der Waals surface area contributed by atoms with Crippen molar-refractivity contribution in [2.75, 3.05) is 5.43 Å². The first kappa shape index (κ1) is 25.9. The summed E-state index contributed by atoms with van der Waals surface area (Å²) < 4.78 is 5.27. The molecule has 0 saturated heterocycles. The Morgan fingerprint density at radius 2 is 1.84 bits per heavy atom. The molecule has 0 saturated carbocycles. The van der Waals surface area contributed by atoms with Gasteiger partial charge in [-0.25, -0.2) is 15.0 Å². The third-order valence-corrected chi connectivity index (χ3v) is 4.43. The second kappa shape index (κ2) is 11.9. The SMILES string of the molecule is CCCCCC(NC(=O)OC(C)(C)C)NC(=O)C(C)c1c(NN=O)cccc1C(=O)O. The average Bonchev–Trinajstić information content (AvgIpc) is 2.66. The van der Waals surface area contributed by atoms with Crippen LogP contribution in [0.15, 0.2) is 23.5 Å². The molecule has 1 rings (SSSR count). The molecule has 0 heterocycles. The number of ether oxygens (including phenoxy) is 1. The number of unbranched alkanes of at least 4 members (excludes halogenated alkanes) is 2. The fraction of sp³-hybridized carbons (Fsp3) is 0.571. The van der Waals surface area contributed by atoms with Crippen LogP contribution < -0.4 is 16.1 Å². The largest absolute Gasteiger partial charge is 0.478 e. The summed E-state index contributed by atoms with van der Waals surface area (Å²) in [7, 11) is 0. The van der Waals surface area contributed by atoms with Gasteiger partial charge in [-0.05, 0) is 52.7 Å². The first-order valence-corrected chi connectivity index (χ1v) is 10.2. The summed E-state index contributed by atoms with van der Waals surface area (Å²) in [5.74, 6) is -2.69. The van der Waals surface area contributed by atoms with E-state index in [2.05, 4.69) is 21.3 Å². The maximum atomic E-state index is 13.0. The summed E-state index contributed by atoms with van der Waals surface area (Å²) in [6.07, 6.45) is 1.75. The number of nitrogens with zero attached hydrogens (tertiary/aromatic N) is 1. The third-order valence-electron chi connectivity index (χ3n) is 4.43. The number of alkyl carbamates (subject to hydrolysis) is 1. The molecule has 0 radical (unpaired) electrons. The monoisotopic (exact) mass is 436 g/mol. The zero-order chi connectivity index (χ0) is 23.6. The number of nitrogens with one attached hydrogen (secondary N) is 3. The van der Waals surface area contributed by atoms with Crippen molar-refractivity contribution in [2.45, 2.75) is 78.0 Å². The standard InChI is InChI=1S/C21H32N4O6/c1-6-7-8-12-16(23-20(29)31-21(3,4)5)22-18(26)13(2)17-14(19(27)28)10-9-11-15(17)24-25-30/h9-11,13,16H,6-8,12H2,1-5H3,(H,22,26)(H,23,29)(H,24,30)(H,27,28). The predicted molar refractivity (Wildman–Crippen MR) is 117 cm³/mol. The summed E-state index contributed by atoms with van der Waals surface area (Å²) in [4.78, 5) is 47.5. The van der Waals surface area contributed by atoms with Gasteiger partial charge in [-0.2, -0.15) is 0 Å². The molecule has 1 aromatic rings. The van der Waals surface area contributed by atoms with Crippen molar-refractivity contribution in [2.24, 2.45) is 5.29 Å². The number of carbonyl (C=O) groups is 3. The van der Waals surface area contributed by atoms with Gasteiger partial charge in [0.15, 0.2) is 0 Å². The second-order valence-electron chi connectivity index (χ2n) is 8.20. The highest BCUT2D eigenvalue weighted by molar-refractivity contribution is 5.96. The number of amides is 2. The highest BCUT2D eigenvalue weighted by atomic mass is 16.6. The number of hydrogen-bond acceptors (Lipinski definition) is 6. The van der Waals surface area contributed by atoms with Crippen molar-refractivity contribution in [3.63, 3.8) is 0 Å². The number of anilines is 1. The van der Waals surface area contributed by atoms with Gasteiger partial charge in [-0.1, -0.05) is 25.8 Å². The first-order chi connectivity index (χ1) is 14.5. The summed E-state index contributed by atoms with van der Waals surface area (Å²) in [6, 6.07) is 4.25. The minimum Gasteiger partial charge on any atom is -0.478 e. The molecule has 0 aliphatic rings. The zero-order valence-corrected chi connectivity index (χ0v) is 18.7. The highest BCUT2D eigenvalue weighted by Crippen LogP contribution is 2.29. The highest BCUT2D eigenvalue weighted by Gasteiger charge is 2.27. The van der Waals surface area contributed by atoms with Crippen LogP contribution in [0.3, 0.4) is 0 Å². The quantitative estimate of drug-likeness (QED) is 0.176. The summed E-state index contributed by atoms with van der Waals surface area (Å²) in [5, 5.41) is 17.5. The molecular weight excluding hydrogens is 404 g/mol. The van der Waals surface area contributed by atoms with E-state index in [0.29, 0.717) is 6.42 Å². The molecule has 2 atom stereocenters. The Balaban J connectivity index is 3.07. The fourth-order valence-electron chi connectivity index (χ4n) is 3.02. The van der Waals surface area contributed by atoms with Crippen molar-refractivity contribution in [1.29, 1.82) is 0 Å². The molecule has 0 fully saturated rings. The van der Waals surface area contributed by atoms with Crippen LogP contribution in [-0.4, -0.2) is 34.8 Å². The van der Waals surface area contributed by atoms with Crippen molar-refractivity contribution < 1.29 is 24.2 Å². The van der Waals surface area contributed by atoms with E-state index in [9.17, 15) is 24.4 Å². The number of rotatable bonds is 11. The third kappa shape index (κ3) is 8.61. The van der Waals surface area contributed by atoms with E-state index in [0.717, 1.165) is 19.3 Å². The number of aromatic carboxylic acids is 1. The van der Waals surface area contributed by atoms with Crippen LogP contribution in [-0.2, 0) is 9.53 Å². The maximum Gasteiger partial charge on any atom is 0.409 e.